The van der Waals surface area contributed by atoms with E-state index < -0.39 is 23.7 Å². The van der Waals surface area contributed by atoms with Gasteiger partial charge in [-0.2, -0.15) is 0 Å². The second-order valence-electron chi connectivity index (χ2n) is 6.07. The lowest BCUT2D eigenvalue weighted by molar-refractivity contribution is -0.112. The van der Waals surface area contributed by atoms with E-state index in [4.69, 9.17) is 22.1 Å². The first kappa shape index (κ1) is 19.7. The summed E-state index contributed by atoms with van der Waals surface area (Å²) in [5.41, 5.74) is 5.35. The highest BCUT2D eigenvalue weighted by Crippen LogP contribution is 2.44. The minimum absolute atomic E-state index is 0.000355. The molecule has 30 heavy (non-hydrogen) atoms. The van der Waals surface area contributed by atoms with Gasteiger partial charge in [0.2, 0.25) is 0 Å². The van der Waals surface area contributed by atoms with Crippen molar-refractivity contribution in [3.63, 3.8) is 0 Å². The highest BCUT2D eigenvalue weighted by Gasteiger charge is 2.40. The summed E-state index contributed by atoms with van der Waals surface area (Å²) >= 11 is 7.02. The molecule has 3 aromatic rings. The molecule has 150 valence electrons. The van der Waals surface area contributed by atoms with Crippen LogP contribution in [-0.2, 0) is 9.53 Å². The molecule has 1 aromatic carbocycles. The number of nitrogens with zero attached hydrogens (tertiary/aromatic N) is 2. The molecular weight excluding hydrogens is 433 g/mol. The van der Waals surface area contributed by atoms with Crippen LogP contribution in [0.4, 0.5) is 14.9 Å². The van der Waals surface area contributed by atoms with E-state index in [2.05, 4.69) is 4.98 Å². The second-order valence-corrected chi connectivity index (χ2v) is 7.43. The number of amides is 3. The molecular formula is C20H11ClFN3O4S. The SMILES string of the molecule is NC(=O)N1C(=O)/C(=C(/OC(=O)c2cccnc2)c2cccs2)c2cc(F)c(Cl)cc21. The quantitative estimate of drug-likeness (QED) is 0.373. The number of carbonyl (C=O) groups is 3. The van der Waals surface area contributed by atoms with Crippen LogP contribution in [0.5, 0.6) is 0 Å². The topological polar surface area (TPSA) is 103 Å². The van der Waals surface area contributed by atoms with Crippen LogP contribution >= 0.6 is 22.9 Å². The fraction of sp³-hybridized carbons (Fsp3) is 0. The van der Waals surface area contributed by atoms with Gasteiger partial charge in [0.05, 0.1) is 26.7 Å². The minimum atomic E-state index is -1.08. The first-order valence-electron chi connectivity index (χ1n) is 8.42. The first-order chi connectivity index (χ1) is 14.4. The van der Waals surface area contributed by atoms with Crippen LogP contribution in [0.2, 0.25) is 5.02 Å². The van der Waals surface area contributed by atoms with Gasteiger partial charge < -0.3 is 10.5 Å². The maximum Gasteiger partial charge on any atom is 0.345 e. The van der Waals surface area contributed by atoms with E-state index in [1.165, 1.54) is 29.8 Å². The highest BCUT2D eigenvalue weighted by molar-refractivity contribution is 7.11. The molecule has 0 atom stereocenters. The van der Waals surface area contributed by atoms with Gasteiger partial charge in [-0.1, -0.05) is 17.7 Å². The van der Waals surface area contributed by atoms with E-state index in [0.717, 1.165) is 12.1 Å². The van der Waals surface area contributed by atoms with E-state index in [0.29, 0.717) is 9.78 Å². The largest absolute Gasteiger partial charge is 0.420 e. The van der Waals surface area contributed by atoms with Crippen LogP contribution in [0, 0.1) is 5.82 Å². The Balaban J connectivity index is 1.94. The Kier molecular flexibility index (Phi) is 5.06. The lowest BCUT2D eigenvalue weighted by atomic mass is 10.0. The zero-order chi connectivity index (χ0) is 21.4. The van der Waals surface area contributed by atoms with Crippen LogP contribution in [0.25, 0.3) is 11.3 Å². The third-order valence-corrected chi connectivity index (χ3v) is 5.41. The Labute approximate surface area is 178 Å². The van der Waals surface area contributed by atoms with Gasteiger partial charge >= 0.3 is 12.0 Å². The zero-order valence-electron chi connectivity index (χ0n) is 15.0. The number of fused-ring (bicyclic) bond motifs is 1. The number of carbonyl (C=O) groups excluding carboxylic acids is 3. The maximum atomic E-state index is 14.2. The van der Waals surface area contributed by atoms with Crippen LogP contribution < -0.4 is 10.6 Å². The number of urea groups is 1. The molecule has 10 heteroatoms. The summed E-state index contributed by atoms with van der Waals surface area (Å²) in [5.74, 6) is -2.58. The zero-order valence-corrected chi connectivity index (χ0v) is 16.5. The molecule has 0 saturated carbocycles. The van der Waals surface area contributed by atoms with E-state index in [1.54, 1.807) is 23.6 Å². The van der Waals surface area contributed by atoms with Crippen molar-refractivity contribution in [2.45, 2.75) is 0 Å². The smallest absolute Gasteiger partial charge is 0.345 e. The molecule has 0 saturated heterocycles. The van der Waals surface area contributed by atoms with Crippen molar-refractivity contribution < 1.29 is 23.5 Å². The molecule has 0 bridgehead atoms. The van der Waals surface area contributed by atoms with E-state index >= 15 is 0 Å². The molecule has 2 N–H and O–H groups in total. The molecule has 4 rings (SSSR count). The lowest BCUT2D eigenvalue weighted by Crippen LogP contribution is -2.38. The number of aromatic nitrogens is 1. The van der Waals surface area contributed by atoms with Crippen LogP contribution in [0.15, 0.2) is 54.2 Å². The molecule has 7 nitrogen and oxygen atoms in total. The van der Waals surface area contributed by atoms with Crippen molar-refractivity contribution in [3.05, 3.63) is 81.0 Å². The Morgan fingerprint density at radius 1 is 1.23 bits per heavy atom. The van der Waals surface area contributed by atoms with Crippen LogP contribution in [-0.4, -0.2) is 22.9 Å². The van der Waals surface area contributed by atoms with Crippen molar-refractivity contribution in [3.8, 4) is 0 Å². The first-order valence-corrected chi connectivity index (χ1v) is 9.68. The second kappa shape index (κ2) is 7.69. The number of hydrogen-bond acceptors (Lipinski definition) is 6. The number of esters is 1. The third-order valence-electron chi connectivity index (χ3n) is 4.25. The van der Waals surface area contributed by atoms with Gasteiger partial charge in [0.1, 0.15) is 5.82 Å². The molecule has 0 fully saturated rings. The number of imide groups is 1. The Morgan fingerprint density at radius 2 is 2.03 bits per heavy atom. The fourth-order valence-electron chi connectivity index (χ4n) is 2.96. The number of benzene rings is 1. The minimum Gasteiger partial charge on any atom is -0.420 e. The average molecular weight is 444 g/mol. The summed E-state index contributed by atoms with van der Waals surface area (Å²) in [5, 5.41) is 1.42. The normalized spacial score (nSPS) is 14.5. The van der Waals surface area contributed by atoms with Gasteiger partial charge in [-0.05, 0) is 35.7 Å². The molecule has 2 aromatic heterocycles. The van der Waals surface area contributed by atoms with Gasteiger partial charge in [-0.15, -0.1) is 11.3 Å². The Hall–Kier alpha value is -3.56. The van der Waals surface area contributed by atoms with Gasteiger partial charge in [-0.3, -0.25) is 9.78 Å². The highest BCUT2D eigenvalue weighted by atomic mass is 35.5. The van der Waals surface area contributed by atoms with Gasteiger partial charge in [0, 0.05) is 18.0 Å². The summed E-state index contributed by atoms with van der Waals surface area (Å²) < 4.78 is 19.8. The number of thiophene rings is 1. The number of anilines is 1. The summed E-state index contributed by atoms with van der Waals surface area (Å²) in [7, 11) is 0. The molecule has 0 radical (unpaired) electrons. The lowest BCUT2D eigenvalue weighted by Gasteiger charge is -2.12. The van der Waals surface area contributed by atoms with Gasteiger partial charge in [0.25, 0.3) is 5.91 Å². The number of halogens is 2. The van der Waals surface area contributed by atoms with Crippen molar-refractivity contribution >= 4 is 57.9 Å². The van der Waals surface area contributed by atoms with E-state index in [-0.39, 0.29) is 33.2 Å². The molecule has 0 aliphatic carbocycles. The Bertz CT molecular complexity index is 1210. The van der Waals surface area contributed by atoms with E-state index in [9.17, 15) is 18.8 Å². The molecule has 0 unspecified atom stereocenters. The van der Waals surface area contributed by atoms with Crippen molar-refractivity contribution in [1.29, 1.82) is 0 Å². The monoisotopic (exact) mass is 443 g/mol. The molecule has 1 aliphatic rings. The molecule has 3 heterocycles. The number of hydrogen-bond donors (Lipinski definition) is 1. The predicted molar refractivity (Wildman–Crippen MR) is 109 cm³/mol. The number of rotatable bonds is 3. The van der Waals surface area contributed by atoms with Crippen molar-refractivity contribution in [2.24, 2.45) is 5.73 Å². The predicted octanol–water partition coefficient (Wildman–Crippen LogP) is 4.09. The number of primary amides is 1. The summed E-state index contributed by atoms with van der Waals surface area (Å²) in [6, 6.07) is 7.39. The molecule has 1 aliphatic heterocycles. The van der Waals surface area contributed by atoms with Crippen molar-refractivity contribution in [1.82, 2.24) is 4.98 Å². The molecule has 0 spiro atoms. The molecule has 3 amide bonds. The summed E-state index contributed by atoms with van der Waals surface area (Å²) in [4.78, 5) is 42.6. The van der Waals surface area contributed by atoms with Gasteiger partial charge in [0.15, 0.2) is 5.76 Å². The standard InChI is InChI=1S/C20H11ClFN3O4S/c21-12-8-14-11(7-13(12)22)16(18(26)25(14)20(23)28)17(15-4-2-6-30-15)29-19(27)10-3-1-5-24-9-10/h1-9H,(H2,23,28)/b17-16+. The van der Waals surface area contributed by atoms with Crippen molar-refractivity contribution in [2.75, 3.05) is 4.90 Å². The summed E-state index contributed by atoms with van der Waals surface area (Å²) in [6.45, 7) is 0. The number of ether oxygens (including phenoxy) is 1. The van der Waals surface area contributed by atoms with Gasteiger partial charge in [-0.25, -0.2) is 18.9 Å². The summed E-state index contributed by atoms with van der Waals surface area (Å²) in [6.07, 6.45) is 2.79. The fourth-order valence-corrected chi connectivity index (χ4v) is 3.83. The van der Waals surface area contributed by atoms with E-state index in [1.807, 2.05) is 0 Å². The number of pyridine rings is 1. The van der Waals surface area contributed by atoms with Crippen LogP contribution in [0.1, 0.15) is 20.8 Å². The average Bonchev–Trinajstić information content (AvgIpc) is 3.34. The third kappa shape index (κ3) is 3.34. The number of nitrogens with two attached hydrogens (primary N) is 1. The van der Waals surface area contributed by atoms with Crippen LogP contribution in [0.3, 0.4) is 0 Å². The Morgan fingerprint density at radius 3 is 2.67 bits per heavy atom. The maximum absolute atomic E-state index is 14.2.